The maximum atomic E-state index is 10.8. The lowest BCUT2D eigenvalue weighted by molar-refractivity contribution is 0.0696. The summed E-state index contributed by atoms with van der Waals surface area (Å²) in [6.07, 6.45) is 3.42. The van der Waals surface area contributed by atoms with Crippen molar-refractivity contribution in [2.75, 3.05) is 6.54 Å². The van der Waals surface area contributed by atoms with E-state index >= 15 is 0 Å². The normalized spacial score (nSPS) is 10.7. The summed E-state index contributed by atoms with van der Waals surface area (Å²) >= 11 is 3.28. The number of halogens is 1. The van der Waals surface area contributed by atoms with Crippen molar-refractivity contribution >= 4 is 28.0 Å². The molecule has 0 atom stereocenters. The zero-order chi connectivity index (χ0) is 10.6. The maximum absolute atomic E-state index is 10.8. The van der Waals surface area contributed by atoms with E-state index in [1.807, 2.05) is 0 Å². The van der Waals surface area contributed by atoms with E-state index in [4.69, 9.17) is 10.8 Å². The van der Waals surface area contributed by atoms with Crippen LogP contribution in [-0.4, -0.2) is 17.6 Å². The van der Waals surface area contributed by atoms with E-state index in [9.17, 15) is 4.79 Å². The maximum Gasteiger partial charge on any atom is 0.336 e. The molecule has 0 fully saturated rings. The van der Waals surface area contributed by atoms with Crippen molar-refractivity contribution in [1.82, 2.24) is 0 Å². The molecule has 0 heterocycles. The van der Waals surface area contributed by atoms with Crippen molar-refractivity contribution in [1.29, 1.82) is 0 Å². The van der Waals surface area contributed by atoms with Crippen molar-refractivity contribution < 1.29 is 9.90 Å². The summed E-state index contributed by atoms with van der Waals surface area (Å²) in [6.45, 7) is 0.394. The molecule has 0 amide bonds. The molecule has 1 aromatic rings. The fourth-order valence-electron chi connectivity index (χ4n) is 1.06. The first-order valence-corrected chi connectivity index (χ1v) is 4.84. The van der Waals surface area contributed by atoms with Gasteiger partial charge in [0.1, 0.15) is 0 Å². The Labute approximate surface area is 90.4 Å². The second-order valence-electron chi connectivity index (χ2n) is 2.67. The number of hydrogen-bond acceptors (Lipinski definition) is 2. The van der Waals surface area contributed by atoms with Crippen LogP contribution in [0.5, 0.6) is 0 Å². The average molecular weight is 256 g/mol. The number of hydrogen-bond donors (Lipinski definition) is 2. The third-order valence-electron chi connectivity index (χ3n) is 1.68. The second-order valence-corrected chi connectivity index (χ2v) is 3.59. The lowest BCUT2D eigenvalue weighted by atomic mass is 10.1. The van der Waals surface area contributed by atoms with Crippen LogP contribution in [0.2, 0.25) is 0 Å². The van der Waals surface area contributed by atoms with E-state index in [0.29, 0.717) is 12.1 Å². The van der Waals surface area contributed by atoms with Gasteiger partial charge in [-0.05, 0) is 23.8 Å². The molecule has 1 aromatic carbocycles. The van der Waals surface area contributed by atoms with E-state index in [2.05, 4.69) is 15.9 Å². The Hall–Kier alpha value is -1.13. The largest absolute Gasteiger partial charge is 0.478 e. The molecule has 0 saturated carbocycles. The van der Waals surface area contributed by atoms with Crippen LogP contribution in [0.25, 0.3) is 6.08 Å². The second kappa shape index (κ2) is 4.93. The van der Waals surface area contributed by atoms with Crippen LogP contribution in [0, 0.1) is 0 Å². The number of carboxylic acids is 1. The molecule has 0 aliphatic carbocycles. The molecule has 0 aromatic heterocycles. The van der Waals surface area contributed by atoms with Crippen LogP contribution in [0.4, 0.5) is 0 Å². The van der Waals surface area contributed by atoms with E-state index in [0.717, 1.165) is 4.47 Å². The Morgan fingerprint density at radius 2 is 2.29 bits per heavy atom. The zero-order valence-corrected chi connectivity index (χ0v) is 8.99. The molecule has 0 bridgehead atoms. The van der Waals surface area contributed by atoms with Crippen molar-refractivity contribution in [3.8, 4) is 0 Å². The molecule has 3 N–H and O–H groups in total. The predicted octanol–water partition coefficient (Wildman–Crippen LogP) is 2.12. The number of rotatable bonds is 3. The standard InChI is InChI=1S/C10H10BrNO2/c11-8-3-4-9(10(13)14)7(6-8)2-1-5-12/h1-4,6H,5,12H2,(H,13,14). The summed E-state index contributed by atoms with van der Waals surface area (Å²) < 4.78 is 0.846. The van der Waals surface area contributed by atoms with Gasteiger partial charge in [0, 0.05) is 11.0 Å². The van der Waals surface area contributed by atoms with Gasteiger partial charge in [0.05, 0.1) is 5.56 Å². The molecule has 0 radical (unpaired) electrons. The third-order valence-corrected chi connectivity index (χ3v) is 2.17. The molecule has 14 heavy (non-hydrogen) atoms. The SMILES string of the molecule is NCC=Cc1cc(Br)ccc1C(=O)O. The average Bonchev–Trinajstić information content (AvgIpc) is 2.14. The lowest BCUT2D eigenvalue weighted by Gasteiger charge is -2.01. The minimum Gasteiger partial charge on any atom is -0.478 e. The van der Waals surface area contributed by atoms with Gasteiger partial charge < -0.3 is 10.8 Å². The highest BCUT2D eigenvalue weighted by atomic mass is 79.9. The quantitative estimate of drug-likeness (QED) is 0.870. The summed E-state index contributed by atoms with van der Waals surface area (Å²) in [5.41, 5.74) is 6.22. The predicted molar refractivity (Wildman–Crippen MR) is 59.2 cm³/mol. The fraction of sp³-hybridized carbons (Fsp3) is 0.100. The van der Waals surface area contributed by atoms with E-state index in [1.54, 1.807) is 30.4 Å². The monoisotopic (exact) mass is 255 g/mol. The molecule has 0 unspecified atom stereocenters. The highest BCUT2D eigenvalue weighted by Gasteiger charge is 2.07. The summed E-state index contributed by atoms with van der Waals surface area (Å²) in [5, 5.41) is 8.88. The number of benzene rings is 1. The fourth-order valence-corrected chi connectivity index (χ4v) is 1.44. The summed E-state index contributed by atoms with van der Waals surface area (Å²) in [4.78, 5) is 10.8. The van der Waals surface area contributed by atoms with Crippen molar-refractivity contribution in [3.63, 3.8) is 0 Å². The molecule has 0 saturated heterocycles. The summed E-state index contributed by atoms with van der Waals surface area (Å²) in [7, 11) is 0. The van der Waals surface area contributed by atoms with Gasteiger partial charge >= 0.3 is 5.97 Å². The summed E-state index contributed by atoms with van der Waals surface area (Å²) in [6, 6.07) is 5.00. The van der Waals surface area contributed by atoms with Gasteiger partial charge in [-0.2, -0.15) is 0 Å². The Morgan fingerprint density at radius 3 is 2.86 bits per heavy atom. The Balaban J connectivity index is 3.15. The first-order valence-electron chi connectivity index (χ1n) is 4.04. The number of aromatic carboxylic acids is 1. The first kappa shape index (κ1) is 10.9. The van der Waals surface area contributed by atoms with Gasteiger partial charge in [0.25, 0.3) is 0 Å². The highest BCUT2D eigenvalue weighted by Crippen LogP contribution is 2.18. The molecule has 0 spiro atoms. The highest BCUT2D eigenvalue weighted by molar-refractivity contribution is 9.10. The summed E-state index contributed by atoms with van der Waals surface area (Å²) in [5.74, 6) is -0.936. The number of carboxylic acid groups (broad SMARTS) is 1. The van der Waals surface area contributed by atoms with Crippen molar-refractivity contribution in [3.05, 3.63) is 39.9 Å². The molecular weight excluding hydrogens is 246 g/mol. The van der Waals surface area contributed by atoms with Crippen molar-refractivity contribution in [2.24, 2.45) is 5.73 Å². The van der Waals surface area contributed by atoms with Crippen LogP contribution in [-0.2, 0) is 0 Å². The van der Waals surface area contributed by atoms with E-state index < -0.39 is 5.97 Å². The number of nitrogens with two attached hydrogens (primary N) is 1. The van der Waals surface area contributed by atoms with Gasteiger partial charge in [-0.15, -0.1) is 0 Å². The van der Waals surface area contributed by atoms with Crippen LogP contribution in [0.15, 0.2) is 28.7 Å². The Bertz CT molecular complexity index is 374. The Morgan fingerprint density at radius 1 is 1.57 bits per heavy atom. The molecule has 0 aliphatic heterocycles. The van der Waals surface area contributed by atoms with E-state index in [-0.39, 0.29) is 5.56 Å². The molecule has 74 valence electrons. The van der Waals surface area contributed by atoms with Gasteiger partial charge in [0.15, 0.2) is 0 Å². The van der Waals surface area contributed by atoms with E-state index in [1.165, 1.54) is 0 Å². The lowest BCUT2D eigenvalue weighted by Crippen LogP contribution is -1.99. The van der Waals surface area contributed by atoms with Crippen LogP contribution >= 0.6 is 15.9 Å². The minimum atomic E-state index is -0.936. The smallest absolute Gasteiger partial charge is 0.336 e. The molecular formula is C10H10BrNO2. The first-order chi connectivity index (χ1) is 6.65. The van der Waals surface area contributed by atoms with Gasteiger partial charge in [-0.25, -0.2) is 4.79 Å². The van der Waals surface area contributed by atoms with Gasteiger partial charge in [-0.1, -0.05) is 28.1 Å². The van der Waals surface area contributed by atoms with Crippen LogP contribution in [0.1, 0.15) is 15.9 Å². The zero-order valence-electron chi connectivity index (χ0n) is 7.40. The van der Waals surface area contributed by atoms with Crippen molar-refractivity contribution in [2.45, 2.75) is 0 Å². The van der Waals surface area contributed by atoms with Gasteiger partial charge in [0.2, 0.25) is 0 Å². The topological polar surface area (TPSA) is 63.3 Å². The molecule has 0 aliphatic rings. The molecule has 3 nitrogen and oxygen atoms in total. The number of carbonyl (C=O) groups is 1. The third kappa shape index (κ3) is 2.68. The van der Waals surface area contributed by atoms with Gasteiger partial charge in [-0.3, -0.25) is 0 Å². The molecule has 4 heteroatoms. The van der Waals surface area contributed by atoms with Crippen LogP contribution < -0.4 is 5.73 Å². The molecule has 1 rings (SSSR count). The van der Waals surface area contributed by atoms with Crippen LogP contribution in [0.3, 0.4) is 0 Å². The Kier molecular flexibility index (Phi) is 3.85. The minimum absolute atomic E-state index is 0.276.